The van der Waals surface area contributed by atoms with E-state index in [2.05, 4.69) is 10.2 Å². The average Bonchev–Trinajstić information content (AvgIpc) is 2.59. The molecule has 1 N–H and O–H groups in total. The number of hydrogen-bond donors (Lipinski definition) is 1. The average molecular weight is 314 g/mol. The molecule has 0 radical (unpaired) electrons. The lowest BCUT2D eigenvalue weighted by atomic mass is 10.2. The Morgan fingerprint density at radius 3 is 2.70 bits per heavy atom. The van der Waals surface area contributed by atoms with Crippen molar-refractivity contribution in [1.29, 1.82) is 5.26 Å². The zero-order valence-electron chi connectivity index (χ0n) is 13.6. The summed E-state index contributed by atoms with van der Waals surface area (Å²) in [5.41, 5.74) is 1.10. The van der Waals surface area contributed by atoms with Crippen LogP contribution in [-0.2, 0) is 11.3 Å². The molecule has 1 saturated heterocycles. The first-order valence-electron chi connectivity index (χ1n) is 7.59. The summed E-state index contributed by atoms with van der Waals surface area (Å²) in [6.45, 7) is 3.46. The van der Waals surface area contributed by atoms with Crippen molar-refractivity contribution in [3.05, 3.63) is 41.6 Å². The summed E-state index contributed by atoms with van der Waals surface area (Å²) in [7, 11) is 3.64. The molecule has 2 rings (SSSR count). The van der Waals surface area contributed by atoms with Crippen LogP contribution in [0.3, 0.4) is 0 Å². The van der Waals surface area contributed by atoms with E-state index in [1.807, 2.05) is 37.4 Å². The smallest absolute Gasteiger partial charge is 0.266 e. The molecule has 1 aromatic rings. The maximum absolute atomic E-state index is 12.4. The summed E-state index contributed by atoms with van der Waals surface area (Å²) in [6, 6.07) is 9.62. The Balaban J connectivity index is 1.96. The van der Waals surface area contributed by atoms with E-state index >= 15 is 0 Å². The summed E-state index contributed by atoms with van der Waals surface area (Å²) < 4.78 is 5.28. The summed E-state index contributed by atoms with van der Waals surface area (Å²) in [5.74, 6) is 0.561. The minimum atomic E-state index is -0.215. The van der Waals surface area contributed by atoms with Crippen molar-refractivity contribution >= 4 is 5.91 Å². The highest BCUT2D eigenvalue weighted by molar-refractivity contribution is 5.97. The van der Waals surface area contributed by atoms with Crippen molar-refractivity contribution in [3.8, 4) is 11.8 Å². The van der Waals surface area contributed by atoms with Gasteiger partial charge in [0.2, 0.25) is 0 Å². The van der Waals surface area contributed by atoms with Gasteiger partial charge in [-0.05, 0) is 13.1 Å². The highest BCUT2D eigenvalue weighted by atomic mass is 16.5. The van der Waals surface area contributed by atoms with E-state index in [0.29, 0.717) is 19.6 Å². The number of likely N-dealkylation sites (N-methyl/N-ethyl adjacent to an activating group) is 1. The fourth-order valence-corrected chi connectivity index (χ4v) is 2.43. The minimum Gasteiger partial charge on any atom is -0.496 e. The second kappa shape index (κ2) is 8.20. The molecule has 0 aliphatic carbocycles. The number of methoxy groups -OCH3 is 1. The number of piperazine rings is 1. The molecule has 1 aliphatic heterocycles. The van der Waals surface area contributed by atoms with Gasteiger partial charge in [-0.2, -0.15) is 5.26 Å². The van der Waals surface area contributed by atoms with Crippen molar-refractivity contribution in [3.63, 3.8) is 0 Å². The van der Waals surface area contributed by atoms with Crippen LogP contribution in [0.1, 0.15) is 5.56 Å². The maximum atomic E-state index is 12.4. The number of carbonyl (C=O) groups is 1. The van der Waals surface area contributed by atoms with E-state index in [1.54, 1.807) is 12.0 Å². The lowest BCUT2D eigenvalue weighted by molar-refractivity contribution is -0.128. The third-order valence-electron chi connectivity index (χ3n) is 3.87. The van der Waals surface area contributed by atoms with Crippen LogP contribution < -0.4 is 10.1 Å². The van der Waals surface area contributed by atoms with Crippen LogP contribution in [0.15, 0.2) is 36.0 Å². The number of rotatable bonds is 5. The Morgan fingerprint density at radius 2 is 2.04 bits per heavy atom. The van der Waals surface area contributed by atoms with E-state index in [4.69, 9.17) is 4.74 Å². The number of hydrogen-bond acceptors (Lipinski definition) is 5. The Morgan fingerprint density at radius 1 is 1.35 bits per heavy atom. The van der Waals surface area contributed by atoms with Crippen LogP contribution in [0.2, 0.25) is 0 Å². The summed E-state index contributed by atoms with van der Waals surface area (Å²) in [4.78, 5) is 16.2. The molecular weight excluding hydrogens is 292 g/mol. The van der Waals surface area contributed by atoms with E-state index in [0.717, 1.165) is 24.4 Å². The van der Waals surface area contributed by atoms with Gasteiger partial charge in [0.05, 0.1) is 7.11 Å². The molecule has 122 valence electrons. The normalized spacial score (nSPS) is 15.9. The molecule has 1 amide bonds. The molecule has 0 atom stereocenters. The molecule has 23 heavy (non-hydrogen) atoms. The van der Waals surface area contributed by atoms with Crippen molar-refractivity contribution in [2.45, 2.75) is 6.54 Å². The molecule has 1 aromatic carbocycles. The molecule has 6 heteroatoms. The summed E-state index contributed by atoms with van der Waals surface area (Å²) >= 11 is 0. The Hall–Kier alpha value is -2.52. The van der Waals surface area contributed by atoms with Crippen molar-refractivity contribution in [1.82, 2.24) is 15.1 Å². The topological polar surface area (TPSA) is 68.6 Å². The minimum absolute atomic E-state index is 0.129. The van der Waals surface area contributed by atoms with Gasteiger partial charge in [0, 0.05) is 44.5 Å². The standard InChI is InChI=1S/C17H22N4O2/c1-20-7-9-21(10-8-20)17(22)15(11-18)13-19-12-14-5-3-4-6-16(14)23-2/h3-6,13,19H,7-10,12H2,1-2H3/b15-13-. The zero-order chi connectivity index (χ0) is 16.7. The first-order valence-corrected chi connectivity index (χ1v) is 7.59. The Labute approximate surface area is 136 Å². The predicted molar refractivity (Wildman–Crippen MR) is 87.6 cm³/mol. The van der Waals surface area contributed by atoms with Crippen LogP contribution in [0.5, 0.6) is 5.75 Å². The Kier molecular flexibility index (Phi) is 6.01. The molecule has 1 heterocycles. The van der Waals surface area contributed by atoms with E-state index in [-0.39, 0.29) is 11.5 Å². The molecule has 1 fully saturated rings. The van der Waals surface area contributed by atoms with Gasteiger partial charge in [-0.1, -0.05) is 18.2 Å². The number of nitriles is 1. The monoisotopic (exact) mass is 314 g/mol. The van der Waals surface area contributed by atoms with E-state index in [1.165, 1.54) is 6.20 Å². The molecule has 6 nitrogen and oxygen atoms in total. The molecule has 1 aliphatic rings. The largest absolute Gasteiger partial charge is 0.496 e. The molecule has 0 spiro atoms. The number of amides is 1. The van der Waals surface area contributed by atoms with Gasteiger partial charge in [0.1, 0.15) is 17.4 Å². The maximum Gasteiger partial charge on any atom is 0.266 e. The lowest BCUT2D eigenvalue weighted by Gasteiger charge is -2.32. The number of benzene rings is 1. The number of nitrogens with one attached hydrogen (secondary N) is 1. The summed E-state index contributed by atoms with van der Waals surface area (Å²) in [6.07, 6.45) is 1.49. The third kappa shape index (κ3) is 4.47. The van der Waals surface area contributed by atoms with Crippen molar-refractivity contribution < 1.29 is 9.53 Å². The highest BCUT2D eigenvalue weighted by Crippen LogP contribution is 2.16. The first-order chi connectivity index (χ1) is 11.2. The fourth-order valence-electron chi connectivity index (χ4n) is 2.43. The van der Waals surface area contributed by atoms with Crippen LogP contribution in [0.4, 0.5) is 0 Å². The molecular formula is C17H22N4O2. The molecule has 0 saturated carbocycles. The van der Waals surface area contributed by atoms with Gasteiger partial charge >= 0.3 is 0 Å². The van der Waals surface area contributed by atoms with Gasteiger partial charge in [-0.25, -0.2) is 0 Å². The van der Waals surface area contributed by atoms with Gasteiger partial charge in [-0.3, -0.25) is 4.79 Å². The van der Waals surface area contributed by atoms with Gasteiger partial charge in [-0.15, -0.1) is 0 Å². The second-order valence-electron chi connectivity index (χ2n) is 5.46. The van der Waals surface area contributed by atoms with Crippen molar-refractivity contribution in [2.24, 2.45) is 0 Å². The van der Waals surface area contributed by atoms with Crippen LogP contribution in [0, 0.1) is 11.3 Å². The van der Waals surface area contributed by atoms with Gasteiger partial charge in [0.15, 0.2) is 0 Å². The van der Waals surface area contributed by atoms with Crippen LogP contribution in [0.25, 0.3) is 0 Å². The number of nitrogens with zero attached hydrogens (tertiary/aromatic N) is 3. The van der Waals surface area contributed by atoms with Crippen LogP contribution in [-0.4, -0.2) is 56.0 Å². The number of carbonyl (C=O) groups excluding carboxylic acids is 1. The zero-order valence-corrected chi connectivity index (χ0v) is 13.6. The molecule has 0 bridgehead atoms. The van der Waals surface area contributed by atoms with Crippen molar-refractivity contribution in [2.75, 3.05) is 40.3 Å². The van der Waals surface area contributed by atoms with Gasteiger partial charge in [0.25, 0.3) is 5.91 Å². The molecule has 0 unspecified atom stereocenters. The third-order valence-corrected chi connectivity index (χ3v) is 3.87. The van der Waals surface area contributed by atoms with Gasteiger partial charge < -0.3 is 19.9 Å². The quantitative estimate of drug-likeness (QED) is 0.648. The van der Waals surface area contributed by atoms with E-state index < -0.39 is 0 Å². The molecule has 0 aromatic heterocycles. The first kappa shape index (κ1) is 16.8. The lowest BCUT2D eigenvalue weighted by Crippen LogP contribution is -2.47. The Bertz CT molecular complexity index is 613. The predicted octanol–water partition coefficient (Wildman–Crippen LogP) is 0.966. The fraction of sp³-hybridized carbons (Fsp3) is 0.412. The highest BCUT2D eigenvalue weighted by Gasteiger charge is 2.21. The number of para-hydroxylation sites is 1. The van der Waals surface area contributed by atoms with E-state index in [9.17, 15) is 10.1 Å². The summed E-state index contributed by atoms with van der Waals surface area (Å²) in [5, 5.41) is 12.3. The number of ether oxygens (including phenoxy) is 1. The van der Waals surface area contributed by atoms with Crippen LogP contribution >= 0.6 is 0 Å². The second-order valence-corrected chi connectivity index (χ2v) is 5.46. The SMILES string of the molecule is COc1ccccc1CN/C=C(/C#N)C(=O)N1CCN(C)CC1.